The molecule has 0 saturated carbocycles. The van der Waals surface area contributed by atoms with Gasteiger partial charge in [-0.25, -0.2) is 9.78 Å². The van der Waals surface area contributed by atoms with Crippen LogP contribution in [0.3, 0.4) is 0 Å². The highest BCUT2D eigenvalue weighted by atomic mass is 32.1. The van der Waals surface area contributed by atoms with E-state index in [9.17, 15) is 9.59 Å². The average molecular weight is 228 g/mol. The molecule has 1 aromatic rings. The fourth-order valence-electron chi connectivity index (χ4n) is 0.932. The van der Waals surface area contributed by atoms with E-state index in [0.29, 0.717) is 6.42 Å². The highest BCUT2D eigenvalue weighted by Crippen LogP contribution is 2.11. The number of hydrogen-bond donors (Lipinski definition) is 2. The van der Waals surface area contributed by atoms with Gasteiger partial charge in [0.15, 0.2) is 0 Å². The Bertz CT molecular complexity index is 363. The van der Waals surface area contributed by atoms with E-state index in [1.165, 1.54) is 23.8 Å². The van der Waals surface area contributed by atoms with E-state index < -0.39 is 17.4 Å². The molecule has 0 radical (unpaired) electrons. The third-order valence-corrected chi connectivity index (χ3v) is 2.82. The fourth-order valence-corrected chi connectivity index (χ4v) is 1.46. The topological polar surface area (TPSA) is 79.3 Å². The Morgan fingerprint density at radius 3 is 2.73 bits per heavy atom. The first-order valence-corrected chi connectivity index (χ1v) is 5.38. The van der Waals surface area contributed by atoms with Crippen molar-refractivity contribution in [1.29, 1.82) is 0 Å². The Labute approximate surface area is 91.1 Å². The molecule has 82 valence electrons. The smallest absolute Gasteiger partial charge is 0.329 e. The number of hydrogen-bond acceptors (Lipinski definition) is 4. The summed E-state index contributed by atoms with van der Waals surface area (Å²) >= 11 is 1.29. The van der Waals surface area contributed by atoms with Crippen LogP contribution in [0.2, 0.25) is 0 Å². The number of carbonyl (C=O) groups excluding carboxylic acids is 1. The van der Waals surface area contributed by atoms with Crippen molar-refractivity contribution >= 4 is 23.2 Å². The van der Waals surface area contributed by atoms with Crippen molar-refractivity contribution in [3.05, 3.63) is 16.6 Å². The summed E-state index contributed by atoms with van der Waals surface area (Å²) < 4.78 is 0. The lowest BCUT2D eigenvalue weighted by molar-refractivity contribution is -0.143. The highest BCUT2D eigenvalue weighted by molar-refractivity contribution is 7.07. The molecule has 1 unspecified atom stereocenters. The molecular weight excluding hydrogens is 216 g/mol. The molecule has 0 spiro atoms. The van der Waals surface area contributed by atoms with Gasteiger partial charge < -0.3 is 10.4 Å². The second kappa shape index (κ2) is 4.39. The Morgan fingerprint density at radius 2 is 2.33 bits per heavy atom. The summed E-state index contributed by atoms with van der Waals surface area (Å²) in [7, 11) is 0. The standard InChI is InChI=1S/C9H12N2O3S/c1-3-9(2,8(13)14)11-7(12)6-4-15-5-10-6/h4-5H,3H2,1-2H3,(H,11,12)(H,13,14). The quantitative estimate of drug-likeness (QED) is 0.809. The number of aliphatic carboxylic acids is 1. The normalized spacial score (nSPS) is 14.3. The van der Waals surface area contributed by atoms with Crippen molar-refractivity contribution in [3.8, 4) is 0 Å². The molecular formula is C9H12N2O3S. The second-order valence-electron chi connectivity index (χ2n) is 3.32. The summed E-state index contributed by atoms with van der Waals surface area (Å²) in [6.07, 6.45) is 0.318. The van der Waals surface area contributed by atoms with Gasteiger partial charge in [0.05, 0.1) is 5.51 Å². The van der Waals surface area contributed by atoms with Crippen molar-refractivity contribution in [1.82, 2.24) is 10.3 Å². The molecule has 2 N–H and O–H groups in total. The zero-order chi connectivity index (χ0) is 11.5. The fraction of sp³-hybridized carbons (Fsp3) is 0.444. The lowest BCUT2D eigenvalue weighted by Crippen LogP contribution is -2.51. The van der Waals surface area contributed by atoms with Crippen LogP contribution in [0, 0.1) is 0 Å². The summed E-state index contributed by atoms with van der Waals surface area (Å²) in [5.41, 5.74) is 0.542. The van der Waals surface area contributed by atoms with E-state index in [0.717, 1.165) is 0 Å². The summed E-state index contributed by atoms with van der Waals surface area (Å²) in [5, 5.41) is 13.0. The van der Waals surface area contributed by atoms with Crippen molar-refractivity contribution in [3.63, 3.8) is 0 Å². The molecule has 0 aliphatic carbocycles. The third-order valence-electron chi connectivity index (χ3n) is 2.23. The Hall–Kier alpha value is -1.43. The summed E-state index contributed by atoms with van der Waals surface area (Å²) in [6.45, 7) is 3.18. The number of carbonyl (C=O) groups is 2. The van der Waals surface area contributed by atoms with Crippen LogP contribution < -0.4 is 5.32 Å². The number of rotatable bonds is 4. The first kappa shape index (κ1) is 11.6. The summed E-state index contributed by atoms with van der Waals surface area (Å²) in [5.74, 6) is -1.50. The molecule has 1 aromatic heterocycles. The van der Waals surface area contributed by atoms with Crippen molar-refractivity contribution < 1.29 is 14.7 Å². The zero-order valence-corrected chi connectivity index (χ0v) is 9.30. The average Bonchev–Trinajstić information content (AvgIpc) is 2.70. The number of carboxylic acid groups (broad SMARTS) is 1. The van der Waals surface area contributed by atoms with Gasteiger partial charge in [0.2, 0.25) is 0 Å². The Morgan fingerprint density at radius 1 is 1.67 bits per heavy atom. The number of nitrogens with zero attached hydrogens (tertiary/aromatic N) is 1. The molecule has 15 heavy (non-hydrogen) atoms. The highest BCUT2D eigenvalue weighted by Gasteiger charge is 2.33. The molecule has 1 rings (SSSR count). The molecule has 0 aliphatic heterocycles. The molecule has 0 aromatic carbocycles. The van der Waals surface area contributed by atoms with E-state index in [1.54, 1.807) is 12.3 Å². The van der Waals surface area contributed by atoms with E-state index >= 15 is 0 Å². The van der Waals surface area contributed by atoms with Gasteiger partial charge in [0, 0.05) is 5.38 Å². The maximum Gasteiger partial charge on any atom is 0.329 e. The molecule has 1 heterocycles. The van der Waals surface area contributed by atoms with Crippen LogP contribution in [0.4, 0.5) is 0 Å². The minimum atomic E-state index is -1.24. The number of aromatic nitrogens is 1. The molecule has 0 bridgehead atoms. The molecule has 6 heteroatoms. The number of carboxylic acids is 1. The van der Waals surface area contributed by atoms with Gasteiger partial charge in [-0.2, -0.15) is 0 Å². The van der Waals surface area contributed by atoms with Crippen molar-refractivity contribution in [2.75, 3.05) is 0 Å². The van der Waals surface area contributed by atoms with E-state index in [-0.39, 0.29) is 5.69 Å². The van der Waals surface area contributed by atoms with Crippen LogP contribution in [-0.2, 0) is 4.79 Å². The van der Waals surface area contributed by atoms with Gasteiger partial charge in [0.1, 0.15) is 11.2 Å². The molecule has 0 fully saturated rings. The third kappa shape index (κ3) is 2.53. The number of thiazole rings is 1. The maximum atomic E-state index is 11.6. The molecule has 0 aliphatic rings. The van der Waals surface area contributed by atoms with Crippen LogP contribution in [-0.4, -0.2) is 27.5 Å². The predicted octanol–water partition coefficient (Wildman–Crippen LogP) is 1.13. The van der Waals surface area contributed by atoms with E-state index in [4.69, 9.17) is 5.11 Å². The van der Waals surface area contributed by atoms with Crippen LogP contribution in [0.1, 0.15) is 30.8 Å². The predicted molar refractivity (Wildman–Crippen MR) is 55.9 cm³/mol. The molecule has 0 saturated heterocycles. The molecule has 1 atom stereocenters. The largest absolute Gasteiger partial charge is 0.480 e. The summed E-state index contributed by atoms with van der Waals surface area (Å²) in [6, 6.07) is 0. The van der Waals surface area contributed by atoms with Gasteiger partial charge in [0.25, 0.3) is 5.91 Å². The minimum Gasteiger partial charge on any atom is -0.480 e. The van der Waals surface area contributed by atoms with Crippen molar-refractivity contribution in [2.24, 2.45) is 0 Å². The minimum absolute atomic E-state index is 0.251. The van der Waals surface area contributed by atoms with Gasteiger partial charge in [-0.15, -0.1) is 11.3 Å². The lowest BCUT2D eigenvalue weighted by Gasteiger charge is -2.23. The first-order chi connectivity index (χ1) is 6.99. The lowest BCUT2D eigenvalue weighted by atomic mass is 9.99. The summed E-state index contributed by atoms with van der Waals surface area (Å²) in [4.78, 5) is 26.3. The van der Waals surface area contributed by atoms with Crippen LogP contribution >= 0.6 is 11.3 Å². The number of nitrogens with one attached hydrogen (secondary N) is 1. The second-order valence-corrected chi connectivity index (χ2v) is 4.04. The van der Waals surface area contributed by atoms with Crippen LogP contribution in [0.25, 0.3) is 0 Å². The van der Waals surface area contributed by atoms with Crippen LogP contribution in [0.5, 0.6) is 0 Å². The molecule has 1 amide bonds. The van der Waals surface area contributed by atoms with E-state index in [1.807, 2.05) is 0 Å². The Balaban J connectivity index is 2.77. The zero-order valence-electron chi connectivity index (χ0n) is 8.48. The van der Waals surface area contributed by atoms with Crippen LogP contribution in [0.15, 0.2) is 10.9 Å². The Kier molecular flexibility index (Phi) is 3.41. The number of amides is 1. The first-order valence-electron chi connectivity index (χ1n) is 4.43. The van der Waals surface area contributed by atoms with E-state index in [2.05, 4.69) is 10.3 Å². The SMILES string of the molecule is CCC(C)(NC(=O)c1cscn1)C(=O)O. The molecule has 5 nitrogen and oxygen atoms in total. The van der Waals surface area contributed by atoms with Gasteiger partial charge in [-0.05, 0) is 13.3 Å². The van der Waals surface area contributed by atoms with Gasteiger partial charge >= 0.3 is 5.97 Å². The van der Waals surface area contributed by atoms with Gasteiger partial charge in [-0.1, -0.05) is 6.92 Å². The van der Waals surface area contributed by atoms with Gasteiger partial charge in [-0.3, -0.25) is 4.79 Å². The monoisotopic (exact) mass is 228 g/mol. The van der Waals surface area contributed by atoms with Crippen molar-refractivity contribution in [2.45, 2.75) is 25.8 Å². The maximum absolute atomic E-state index is 11.6.